The fourth-order valence-corrected chi connectivity index (χ4v) is 4.82. The Kier molecular flexibility index (Phi) is 5.91. The summed E-state index contributed by atoms with van der Waals surface area (Å²) in [5, 5.41) is 15.8. The van der Waals surface area contributed by atoms with Crippen LogP contribution in [-0.4, -0.2) is 22.6 Å². The Morgan fingerprint density at radius 2 is 1.93 bits per heavy atom. The fourth-order valence-electron chi connectivity index (χ4n) is 4.82. The Morgan fingerprint density at radius 1 is 1.17 bits per heavy atom. The molecule has 152 valence electrons. The summed E-state index contributed by atoms with van der Waals surface area (Å²) < 4.78 is 13.8. The van der Waals surface area contributed by atoms with Crippen molar-refractivity contribution in [1.82, 2.24) is 9.97 Å². The van der Waals surface area contributed by atoms with Gasteiger partial charge in [-0.05, 0) is 49.5 Å². The summed E-state index contributed by atoms with van der Waals surface area (Å²) in [4.78, 5) is 8.64. The van der Waals surface area contributed by atoms with Crippen LogP contribution in [0.2, 0.25) is 0 Å². The van der Waals surface area contributed by atoms with Crippen LogP contribution in [0, 0.1) is 34.9 Å². The van der Waals surface area contributed by atoms with Gasteiger partial charge in [0.05, 0.1) is 6.20 Å². The van der Waals surface area contributed by atoms with E-state index in [1.54, 1.807) is 18.2 Å². The van der Waals surface area contributed by atoms with Crippen molar-refractivity contribution in [1.29, 1.82) is 5.26 Å². The van der Waals surface area contributed by atoms with Gasteiger partial charge in [0.25, 0.3) is 0 Å². The van der Waals surface area contributed by atoms with Crippen molar-refractivity contribution in [2.75, 3.05) is 17.2 Å². The molecule has 0 spiro atoms. The zero-order valence-electron chi connectivity index (χ0n) is 16.4. The van der Waals surface area contributed by atoms with Crippen LogP contribution in [0.4, 0.5) is 16.2 Å². The van der Waals surface area contributed by atoms with E-state index in [9.17, 15) is 9.65 Å². The van der Waals surface area contributed by atoms with E-state index in [2.05, 4.69) is 26.7 Å². The fraction of sp³-hybridized carbons (Fsp3) is 0.500. The molecule has 1 heterocycles. The van der Waals surface area contributed by atoms with E-state index in [1.807, 2.05) is 0 Å². The molecule has 2 aromatic rings. The lowest BCUT2D eigenvalue weighted by molar-refractivity contribution is 0.112. The van der Waals surface area contributed by atoms with E-state index >= 15 is 0 Å². The van der Waals surface area contributed by atoms with E-state index < -0.39 is 0 Å². The second kappa shape index (κ2) is 8.75. The Hall–Kier alpha value is -2.72. The van der Waals surface area contributed by atoms with Crippen LogP contribution in [0.15, 0.2) is 30.5 Å². The number of halogens is 1. The minimum atomic E-state index is -0.270. The van der Waals surface area contributed by atoms with Crippen LogP contribution >= 0.6 is 0 Å². The molecule has 4 atom stereocenters. The van der Waals surface area contributed by atoms with Crippen LogP contribution in [-0.2, 0) is 6.54 Å². The maximum absolute atomic E-state index is 13.8. The van der Waals surface area contributed by atoms with Crippen molar-refractivity contribution < 1.29 is 4.39 Å². The van der Waals surface area contributed by atoms with Gasteiger partial charge in [-0.2, -0.15) is 10.2 Å². The van der Waals surface area contributed by atoms with Gasteiger partial charge >= 0.3 is 0 Å². The number of nitriles is 1. The van der Waals surface area contributed by atoms with Gasteiger partial charge < -0.3 is 16.4 Å². The van der Waals surface area contributed by atoms with E-state index in [1.165, 1.54) is 31.5 Å². The van der Waals surface area contributed by atoms with E-state index in [4.69, 9.17) is 5.73 Å². The maximum atomic E-state index is 13.8. The summed E-state index contributed by atoms with van der Waals surface area (Å²) in [6, 6.07) is 9.09. The molecule has 1 aromatic carbocycles. The summed E-state index contributed by atoms with van der Waals surface area (Å²) in [5.74, 6) is 2.41. The van der Waals surface area contributed by atoms with Crippen LogP contribution in [0.1, 0.15) is 43.2 Å². The third kappa shape index (κ3) is 4.48. The van der Waals surface area contributed by atoms with Gasteiger partial charge in [-0.3, -0.25) is 0 Å². The first kappa shape index (κ1) is 19.6. The molecule has 1 unspecified atom stereocenters. The molecule has 0 aliphatic heterocycles. The molecule has 2 fully saturated rings. The molecule has 7 heteroatoms. The first-order valence-corrected chi connectivity index (χ1v) is 10.4. The number of anilines is 2. The second-order valence-electron chi connectivity index (χ2n) is 8.26. The normalized spacial score (nSPS) is 25.8. The van der Waals surface area contributed by atoms with Crippen LogP contribution in [0.25, 0.3) is 0 Å². The first-order valence-electron chi connectivity index (χ1n) is 10.4. The van der Waals surface area contributed by atoms with E-state index in [-0.39, 0.29) is 12.4 Å². The molecule has 2 bridgehead atoms. The molecule has 2 aliphatic carbocycles. The standard InChI is InChI=1S/C22H27FN6/c23-19-7-2-1-4-17(19)12-27-22-28-13-18(10-24)21(29-22)26-11-14-8-15-5-3-6-16(9-14)20(15)25/h1-2,4,7,13-16,20H,3,5-6,8-9,11-12,25H2,(H2,26,27,28,29)/t14?,15-,16+,20-. The molecule has 4 rings (SSSR count). The lowest BCUT2D eigenvalue weighted by Crippen LogP contribution is -2.47. The number of nitrogens with one attached hydrogen (secondary N) is 2. The number of hydrogen-bond acceptors (Lipinski definition) is 6. The third-order valence-electron chi connectivity index (χ3n) is 6.37. The third-order valence-corrected chi connectivity index (χ3v) is 6.37. The zero-order valence-corrected chi connectivity index (χ0v) is 16.4. The van der Waals surface area contributed by atoms with Gasteiger partial charge in [0.2, 0.25) is 5.95 Å². The molecule has 0 radical (unpaired) electrons. The SMILES string of the molecule is N#Cc1cnc(NCc2ccccc2F)nc1NCC1C[C@H]2CCC[C@@H](C1)[C@@H]2N. The summed E-state index contributed by atoms with van der Waals surface area (Å²) in [5.41, 5.74) is 7.35. The predicted molar refractivity (Wildman–Crippen MR) is 110 cm³/mol. The van der Waals surface area contributed by atoms with Crippen LogP contribution in [0.5, 0.6) is 0 Å². The quantitative estimate of drug-likeness (QED) is 0.691. The van der Waals surface area contributed by atoms with Crippen LogP contribution < -0.4 is 16.4 Å². The summed E-state index contributed by atoms with van der Waals surface area (Å²) in [6.45, 7) is 1.06. The molecular weight excluding hydrogens is 367 g/mol. The van der Waals surface area contributed by atoms with E-state index in [0.717, 1.165) is 19.4 Å². The average Bonchev–Trinajstić information content (AvgIpc) is 2.72. The average molecular weight is 394 g/mol. The number of fused-ring (bicyclic) bond motifs is 2. The van der Waals surface area contributed by atoms with Gasteiger partial charge in [0.15, 0.2) is 0 Å². The lowest BCUT2D eigenvalue weighted by atomic mass is 9.65. The number of aromatic nitrogens is 2. The van der Waals surface area contributed by atoms with Crippen molar-refractivity contribution in [3.63, 3.8) is 0 Å². The van der Waals surface area contributed by atoms with Crippen molar-refractivity contribution in [3.05, 3.63) is 47.4 Å². The lowest BCUT2D eigenvalue weighted by Gasteiger charge is -2.44. The summed E-state index contributed by atoms with van der Waals surface area (Å²) >= 11 is 0. The van der Waals surface area contributed by atoms with Gasteiger partial charge in [-0.25, -0.2) is 9.37 Å². The number of nitrogens with two attached hydrogens (primary N) is 1. The van der Waals surface area contributed by atoms with Gasteiger partial charge in [0.1, 0.15) is 23.3 Å². The molecule has 2 aliphatic rings. The Labute approximate surface area is 170 Å². The number of rotatable bonds is 6. The van der Waals surface area contributed by atoms with Crippen molar-refractivity contribution in [2.24, 2.45) is 23.5 Å². The van der Waals surface area contributed by atoms with Crippen molar-refractivity contribution in [2.45, 2.75) is 44.7 Å². The van der Waals surface area contributed by atoms with E-state index in [0.29, 0.717) is 46.7 Å². The maximum Gasteiger partial charge on any atom is 0.224 e. The van der Waals surface area contributed by atoms with Gasteiger partial charge in [0, 0.05) is 24.7 Å². The molecular formula is C22H27FN6. The van der Waals surface area contributed by atoms with Gasteiger partial charge in [-0.15, -0.1) is 0 Å². The zero-order chi connectivity index (χ0) is 20.2. The highest BCUT2D eigenvalue weighted by atomic mass is 19.1. The Bertz CT molecular complexity index is 881. The molecule has 4 N–H and O–H groups in total. The topological polar surface area (TPSA) is 99.6 Å². The molecule has 29 heavy (non-hydrogen) atoms. The molecule has 0 saturated heterocycles. The number of nitrogens with zero attached hydrogens (tertiary/aromatic N) is 3. The predicted octanol–water partition coefficient (Wildman–Crippen LogP) is 3.66. The smallest absolute Gasteiger partial charge is 0.224 e. The first-order chi connectivity index (χ1) is 14.1. The molecule has 0 amide bonds. The highest BCUT2D eigenvalue weighted by Crippen LogP contribution is 2.41. The molecule has 6 nitrogen and oxygen atoms in total. The number of hydrogen-bond donors (Lipinski definition) is 3. The Balaban J connectivity index is 1.40. The van der Waals surface area contributed by atoms with Crippen molar-refractivity contribution >= 4 is 11.8 Å². The number of benzene rings is 1. The van der Waals surface area contributed by atoms with Gasteiger partial charge in [-0.1, -0.05) is 24.6 Å². The minimum Gasteiger partial charge on any atom is -0.369 e. The summed E-state index contributed by atoms with van der Waals surface area (Å²) in [6.07, 6.45) is 7.53. The molecule has 2 saturated carbocycles. The second-order valence-corrected chi connectivity index (χ2v) is 8.26. The van der Waals surface area contributed by atoms with Crippen molar-refractivity contribution in [3.8, 4) is 6.07 Å². The van der Waals surface area contributed by atoms with Crippen LogP contribution in [0.3, 0.4) is 0 Å². The highest BCUT2D eigenvalue weighted by molar-refractivity contribution is 5.53. The Morgan fingerprint density at radius 3 is 2.66 bits per heavy atom. The minimum absolute atomic E-state index is 0.270. The molecule has 1 aromatic heterocycles. The largest absolute Gasteiger partial charge is 0.369 e. The summed E-state index contributed by atoms with van der Waals surface area (Å²) in [7, 11) is 0. The highest BCUT2D eigenvalue weighted by Gasteiger charge is 2.37. The monoisotopic (exact) mass is 394 g/mol.